The van der Waals surface area contributed by atoms with Crippen LogP contribution in [0.5, 0.6) is 0 Å². The van der Waals surface area contributed by atoms with E-state index in [0.717, 1.165) is 40.4 Å². The highest BCUT2D eigenvalue weighted by atomic mass is 35.5. The predicted octanol–water partition coefficient (Wildman–Crippen LogP) is 3.76. The number of halogens is 1. The number of carbonyl (C=O) groups excluding carboxylic acids is 3. The van der Waals surface area contributed by atoms with Gasteiger partial charge in [-0.1, -0.05) is 48.0 Å². The summed E-state index contributed by atoms with van der Waals surface area (Å²) in [4.78, 5) is 44.3. The van der Waals surface area contributed by atoms with Crippen molar-refractivity contribution in [2.45, 2.75) is 31.7 Å². The summed E-state index contributed by atoms with van der Waals surface area (Å²) in [5, 5.41) is 0.635. The largest absolute Gasteiger partial charge is 0.367 e. The van der Waals surface area contributed by atoms with E-state index in [9.17, 15) is 14.4 Å². The summed E-state index contributed by atoms with van der Waals surface area (Å²) in [7, 11) is 2.95. The number of barbiturate groups is 1. The van der Waals surface area contributed by atoms with E-state index in [4.69, 9.17) is 11.6 Å². The molecule has 6 nitrogen and oxygen atoms in total. The number of hydrogen-bond acceptors (Lipinski definition) is 4. The van der Waals surface area contributed by atoms with E-state index in [2.05, 4.69) is 17.0 Å². The maximum atomic E-state index is 13.7. The van der Waals surface area contributed by atoms with Crippen LogP contribution in [0.4, 0.5) is 10.5 Å². The Hall–Kier alpha value is -2.86. The van der Waals surface area contributed by atoms with Crippen molar-refractivity contribution in [3.63, 3.8) is 0 Å². The van der Waals surface area contributed by atoms with E-state index in [1.165, 1.54) is 19.7 Å². The first-order valence-electron chi connectivity index (χ1n) is 11.0. The van der Waals surface area contributed by atoms with Gasteiger partial charge in [0.2, 0.25) is 11.8 Å². The molecule has 3 aliphatic rings. The molecule has 2 aromatic carbocycles. The summed E-state index contributed by atoms with van der Waals surface area (Å²) >= 11 is 6.32. The van der Waals surface area contributed by atoms with Gasteiger partial charge in [-0.15, -0.1) is 0 Å². The predicted molar refractivity (Wildman–Crippen MR) is 123 cm³/mol. The van der Waals surface area contributed by atoms with Crippen molar-refractivity contribution in [2.75, 3.05) is 25.5 Å². The SMILES string of the molecule is CN1C(=O)N(C)C(=O)C2(Cc3ccc(Cl)cc3N3CCC(Cc4ccccc4)CC32)C1=O. The zero-order valence-corrected chi connectivity index (χ0v) is 19.0. The Labute approximate surface area is 192 Å². The Morgan fingerprint density at radius 2 is 1.69 bits per heavy atom. The van der Waals surface area contributed by atoms with Crippen LogP contribution < -0.4 is 4.90 Å². The highest BCUT2D eigenvalue weighted by molar-refractivity contribution is 6.31. The molecule has 0 aromatic heterocycles. The Morgan fingerprint density at radius 1 is 1.00 bits per heavy atom. The van der Waals surface area contributed by atoms with Gasteiger partial charge in [-0.2, -0.15) is 0 Å². The van der Waals surface area contributed by atoms with Gasteiger partial charge < -0.3 is 4.90 Å². The second kappa shape index (κ2) is 7.62. The van der Waals surface area contributed by atoms with E-state index < -0.39 is 23.3 Å². The molecule has 0 bridgehead atoms. The molecule has 5 rings (SSSR count). The maximum Gasteiger partial charge on any atom is 0.332 e. The van der Waals surface area contributed by atoms with Crippen LogP contribution >= 0.6 is 11.6 Å². The van der Waals surface area contributed by atoms with Gasteiger partial charge in [0, 0.05) is 31.4 Å². The van der Waals surface area contributed by atoms with E-state index in [1.807, 2.05) is 30.3 Å². The monoisotopic (exact) mass is 451 g/mol. The number of imide groups is 2. The van der Waals surface area contributed by atoms with Crippen molar-refractivity contribution in [1.29, 1.82) is 0 Å². The lowest BCUT2D eigenvalue weighted by atomic mass is 9.64. The fourth-order valence-corrected chi connectivity index (χ4v) is 5.99. The fraction of sp³-hybridized carbons (Fsp3) is 0.400. The summed E-state index contributed by atoms with van der Waals surface area (Å²) < 4.78 is 0. The molecule has 3 heterocycles. The van der Waals surface area contributed by atoms with E-state index in [1.54, 1.807) is 6.07 Å². The first-order valence-corrected chi connectivity index (χ1v) is 11.4. The van der Waals surface area contributed by atoms with Gasteiger partial charge in [-0.3, -0.25) is 19.4 Å². The third kappa shape index (κ3) is 3.04. The number of fused-ring (bicyclic) bond motifs is 4. The van der Waals surface area contributed by atoms with Crippen LogP contribution in [0.15, 0.2) is 48.5 Å². The Morgan fingerprint density at radius 3 is 2.38 bits per heavy atom. The van der Waals surface area contributed by atoms with Crippen LogP contribution in [0.2, 0.25) is 5.02 Å². The van der Waals surface area contributed by atoms with E-state index >= 15 is 0 Å². The van der Waals surface area contributed by atoms with Gasteiger partial charge in [-0.05, 0) is 54.9 Å². The van der Waals surface area contributed by atoms with E-state index in [0.29, 0.717) is 17.4 Å². The molecule has 0 radical (unpaired) electrons. The zero-order chi connectivity index (χ0) is 22.6. The first-order chi connectivity index (χ1) is 15.3. The minimum atomic E-state index is -1.31. The minimum absolute atomic E-state index is 0.276. The van der Waals surface area contributed by atoms with Gasteiger partial charge in [0.05, 0.1) is 6.04 Å². The molecule has 4 amide bonds. The molecule has 2 aromatic rings. The van der Waals surface area contributed by atoms with Crippen molar-refractivity contribution < 1.29 is 14.4 Å². The molecule has 2 unspecified atom stereocenters. The topological polar surface area (TPSA) is 60.9 Å². The van der Waals surface area contributed by atoms with E-state index in [-0.39, 0.29) is 12.5 Å². The van der Waals surface area contributed by atoms with Crippen molar-refractivity contribution in [1.82, 2.24) is 9.80 Å². The van der Waals surface area contributed by atoms with Crippen molar-refractivity contribution in [2.24, 2.45) is 11.3 Å². The maximum absolute atomic E-state index is 13.7. The van der Waals surface area contributed by atoms with Crippen molar-refractivity contribution >= 4 is 35.1 Å². The third-order valence-electron chi connectivity index (χ3n) is 7.42. The molecule has 32 heavy (non-hydrogen) atoms. The number of hydrogen-bond donors (Lipinski definition) is 0. The number of nitrogens with zero attached hydrogens (tertiary/aromatic N) is 3. The lowest BCUT2D eigenvalue weighted by molar-refractivity contribution is -0.160. The molecule has 3 aliphatic heterocycles. The summed E-state index contributed by atoms with van der Waals surface area (Å²) in [5.41, 5.74) is 1.86. The number of carbonyl (C=O) groups is 3. The van der Waals surface area contributed by atoms with Crippen LogP contribution in [0.3, 0.4) is 0 Å². The highest BCUT2D eigenvalue weighted by Gasteiger charge is 2.63. The molecule has 0 N–H and O–H groups in total. The van der Waals surface area contributed by atoms with Gasteiger partial charge in [0.1, 0.15) is 0 Å². The molecular formula is C25H26ClN3O3. The minimum Gasteiger partial charge on any atom is -0.367 e. The normalized spacial score (nSPS) is 24.6. The summed E-state index contributed by atoms with van der Waals surface area (Å²) in [5.74, 6) is -0.465. The summed E-state index contributed by atoms with van der Waals surface area (Å²) in [6.07, 6.45) is 2.84. The smallest absolute Gasteiger partial charge is 0.332 e. The number of urea groups is 1. The third-order valence-corrected chi connectivity index (χ3v) is 7.65. The first kappa shape index (κ1) is 21.0. The molecule has 1 spiro atoms. The van der Waals surface area contributed by atoms with Crippen LogP contribution in [-0.2, 0) is 22.4 Å². The number of rotatable bonds is 2. The Kier molecular flexibility index (Phi) is 5.01. The number of piperidine rings is 1. The molecular weight excluding hydrogens is 426 g/mol. The van der Waals surface area contributed by atoms with Crippen LogP contribution in [0, 0.1) is 11.3 Å². The second-order valence-corrected chi connectivity index (χ2v) is 9.66. The average molecular weight is 452 g/mol. The average Bonchev–Trinajstić information content (AvgIpc) is 2.81. The molecule has 2 atom stereocenters. The van der Waals surface area contributed by atoms with Crippen LogP contribution in [0.1, 0.15) is 24.0 Å². The molecule has 2 fully saturated rings. The summed E-state index contributed by atoms with van der Waals surface area (Å²) in [6, 6.07) is 15.1. The highest BCUT2D eigenvalue weighted by Crippen LogP contribution is 2.50. The Balaban J connectivity index is 1.59. The van der Waals surface area contributed by atoms with Crippen LogP contribution in [0.25, 0.3) is 0 Å². The quantitative estimate of drug-likeness (QED) is 0.652. The fourth-order valence-electron chi connectivity index (χ4n) is 5.82. The molecule has 0 saturated carbocycles. The Bertz CT molecular complexity index is 1080. The van der Waals surface area contributed by atoms with Crippen molar-refractivity contribution in [3.8, 4) is 0 Å². The number of anilines is 1. The van der Waals surface area contributed by atoms with Gasteiger partial charge in [-0.25, -0.2) is 4.79 Å². The molecule has 166 valence electrons. The van der Waals surface area contributed by atoms with Crippen LogP contribution in [-0.4, -0.2) is 54.3 Å². The summed E-state index contributed by atoms with van der Waals surface area (Å²) in [6.45, 7) is 0.735. The standard InChI is InChI=1S/C25H26ClN3O3/c1-27-22(30)25(23(31)28(2)24(27)32)15-18-8-9-19(26)14-20(18)29-11-10-17(13-21(25)29)12-16-6-4-3-5-7-16/h3-9,14,17,21H,10-13,15H2,1-2H3. The van der Waals surface area contributed by atoms with Gasteiger partial charge >= 0.3 is 6.03 Å². The van der Waals surface area contributed by atoms with Crippen molar-refractivity contribution in [3.05, 3.63) is 64.7 Å². The zero-order valence-electron chi connectivity index (χ0n) is 18.3. The second-order valence-electron chi connectivity index (χ2n) is 9.22. The number of amides is 4. The number of benzene rings is 2. The van der Waals surface area contributed by atoms with Gasteiger partial charge in [0.25, 0.3) is 0 Å². The molecule has 0 aliphatic carbocycles. The lowest BCUT2D eigenvalue weighted by Crippen LogP contribution is -2.72. The lowest BCUT2D eigenvalue weighted by Gasteiger charge is -2.55. The van der Waals surface area contributed by atoms with Gasteiger partial charge in [0.15, 0.2) is 5.41 Å². The molecule has 2 saturated heterocycles. The molecule has 7 heteroatoms.